The van der Waals surface area contributed by atoms with Crippen LogP contribution in [-0.2, 0) is 13.2 Å². The van der Waals surface area contributed by atoms with Crippen LogP contribution in [0, 0.1) is 0 Å². The molecule has 172 valence electrons. The van der Waals surface area contributed by atoms with Crippen molar-refractivity contribution in [3.05, 3.63) is 112 Å². The van der Waals surface area contributed by atoms with Crippen LogP contribution in [0.15, 0.2) is 95.5 Å². The molecular weight excluding hydrogens is 504 g/mol. The molecule has 0 spiro atoms. The molecule has 0 bridgehead atoms. The van der Waals surface area contributed by atoms with E-state index in [-0.39, 0.29) is 0 Å². The Balaban J connectivity index is 1.19. The second-order valence-corrected chi connectivity index (χ2v) is 9.87. The third-order valence-electron chi connectivity index (χ3n) is 6.35. The highest BCUT2D eigenvalue weighted by atomic mass is 79.9. The minimum atomic E-state index is 0.521. The molecule has 1 heterocycles. The Morgan fingerprint density at radius 1 is 0.824 bits per heavy atom. The Hall–Kier alpha value is -2.73. The number of hydrogen-bond donors (Lipinski definition) is 0. The fraction of sp³-hybridized carbons (Fsp3) is 0.207. The molecule has 0 aromatic heterocycles. The predicted molar refractivity (Wildman–Crippen MR) is 147 cm³/mol. The van der Waals surface area contributed by atoms with E-state index < -0.39 is 0 Å². The van der Waals surface area contributed by atoms with E-state index >= 15 is 0 Å². The van der Waals surface area contributed by atoms with E-state index in [2.05, 4.69) is 111 Å². The third-order valence-corrected chi connectivity index (χ3v) is 7.46. The average molecular weight is 532 g/mol. The number of benzene rings is 4. The number of fused-ring (bicyclic) bond motifs is 1. The van der Waals surface area contributed by atoms with Crippen LogP contribution in [-0.4, -0.2) is 41.0 Å². The van der Waals surface area contributed by atoms with Crippen molar-refractivity contribution in [3.8, 4) is 5.75 Å². The summed E-state index contributed by atoms with van der Waals surface area (Å²) in [6, 6.07) is 31.6. The van der Waals surface area contributed by atoms with Crippen molar-refractivity contribution < 1.29 is 4.74 Å². The van der Waals surface area contributed by atoms with E-state index in [9.17, 15) is 0 Å². The van der Waals surface area contributed by atoms with Gasteiger partial charge in [0, 0.05) is 38.3 Å². The van der Waals surface area contributed by atoms with E-state index in [1.165, 1.54) is 21.9 Å². The van der Waals surface area contributed by atoms with E-state index in [1.807, 2.05) is 6.07 Å². The summed E-state index contributed by atoms with van der Waals surface area (Å²) >= 11 is 9.55. The smallest absolute Gasteiger partial charge is 0.134 e. The minimum Gasteiger partial charge on any atom is -0.488 e. The molecule has 5 rings (SSSR count). The first-order chi connectivity index (χ1) is 16.7. The Morgan fingerprint density at radius 2 is 1.56 bits per heavy atom. The summed E-state index contributed by atoms with van der Waals surface area (Å²) in [6.07, 6.45) is 0. The van der Waals surface area contributed by atoms with Gasteiger partial charge >= 0.3 is 0 Å². The molecule has 0 aliphatic carbocycles. The molecule has 1 aliphatic heterocycles. The zero-order chi connectivity index (χ0) is 23.3. The summed E-state index contributed by atoms with van der Waals surface area (Å²) in [5.74, 6) is 0.826. The standard InChI is InChI=1S/C29H27BrN2OS/c30-27-19-24(29(34)32-17-15-31(16-18-32)20-22-7-2-1-3-8-22)13-14-28(27)33-21-25-11-6-10-23-9-4-5-12-26(23)25/h1-14,19H,15-18,20-21H2. The Labute approximate surface area is 215 Å². The second-order valence-electron chi connectivity index (χ2n) is 8.63. The van der Waals surface area contributed by atoms with Gasteiger partial charge in [-0.15, -0.1) is 0 Å². The molecular formula is C29H27BrN2OS. The lowest BCUT2D eigenvalue weighted by Gasteiger charge is -2.36. The highest BCUT2D eigenvalue weighted by molar-refractivity contribution is 9.10. The third kappa shape index (κ3) is 5.33. The van der Waals surface area contributed by atoms with Crippen LogP contribution < -0.4 is 4.74 Å². The molecule has 1 fully saturated rings. The number of nitrogens with zero attached hydrogens (tertiary/aromatic N) is 2. The average Bonchev–Trinajstić information content (AvgIpc) is 2.88. The molecule has 0 saturated carbocycles. The first kappa shape index (κ1) is 23.0. The van der Waals surface area contributed by atoms with Crippen molar-refractivity contribution in [2.45, 2.75) is 13.2 Å². The van der Waals surface area contributed by atoms with Crippen LogP contribution in [0.2, 0.25) is 0 Å². The van der Waals surface area contributed by atoms with Gasteiger partial charge in [-0.05, 0) is 56.0 Å². The van der Waals surface area contributed by atoms with Crippen LogP contribution in [0.4, 0.5) is 0 Å². The Morgan fingerprint density at radius 3 is 2.35 bits per heavy atom. The molecule has 0 unspecified atom stereocenters. The summed E-state index contributed by atoms with van der Waals surface area (Å²) in [4.78, 5) is 5.71. The lowest BCUT2D eigenvalue weighted by molar-refractivity contribution is 0.177. The number of ether oxygens (including phenoxy) is 1. The van der Waals surface area contributed by atoms with Crippen molar-refractivity contribution >= 4 is 43.9 Å². The fourth-order valence-corrected chi connectivity index (χ4v) is 5.26. The van der Waals surface area contributed by atoms with Gasteiger partial charge in [-0.1, -0.05) is 85.0 Å². The fourth-order valence-electron chi connectivity index (χ4n) is 4.46. The number of piperazine rings is 1. The topological polar surface area (TPSA) is 15.7 Å². The largest absolute Gasteiger partial charge is 0.488 e. The van der Waals surface area contributed by atoms with E-state index in [0.717, 1.165) is 53.5 Å². The van der Waals surface area contributed by atoms with E-state index in [0.29, 0.717) is 6.61 Å². The Bertz CT molecular complexity index is 1280. The van der Waals surface area contributed by atoms with Crippen LogP contribution in [0.1, 0.15) is 16.7 Å². The molecule has 5 heteroatoms. The van der Waals surface area contributed by atoms with Gasteiger partial charge in [0.25, 0.3) is 0 Å². The quantitative estimate of drug-likeness (QED) is 0.258. The van der Waals surface area contributed by atoms with Gasteiger partial charge in [-0.25, -0.2) is 0 Å². The summed E-state index contributed by atoms with van der Waals surface area (Å²) in [7, 11) is 0. The van der Waals surface area contributed by atoms with Gasteiger partial charge in [0.2, 0.25) is 0 Å². The molecule has 1 saturated heterocycles. The maximum absolute atomic E-state index is 6.17. The summed E-state index contributed by atoms with van der Waals surface area (Å²) in [5.41, 5.74) is 3.59. The first-order valence-corrected chi connectivity index (χ1v) is 12.8. The highest BCUT2D eigenvalue weighted by Crippen LogP contribution is 2.29. The van der Waals surface area contributed by atoms with Crippen molar-refractivity contribution in [1.82, 2.24) is 9.80 Å². The Kier molecular flexibility index (Phi) is 7.24. The van der Waals surface area contributed by atoms with Crippen LogP contribution >= 0.6 is 28.1 Å². The first-order valence-electron chi connectivity index (χ1n) is 11.6. The maximum Gasteiger partial charge on any atom is 0.134 e. The molecule has 0 atom stereocenters. The normalized spacial score (nSPS) is 14.3. The predicted octanol–water partition coefficient (Wildman–Crippen LogP) is 6.67. The molecule has 4 aromatic rings. The number of rotatable bonds is 6. The van der Waals surface area contributed by atoms with Crippen molar-refractivity contribution in [3.63, 3.8) is 0 Å². The minimum absolute atomic E-state index is 0.521. The monoisotopic (exact) mass is 530 g/mol. The highest BCUT2D eigenvalue weighted by Gasteiger charge is 2.20. The van der Waals surface area contributed by atoms with Gasteiger partial charge in [0.05, 0.1) is 4.47 Å². The van der Waals surface area contributed by atoms with Crippen LogP contribution in [0.3, 0.4) is 0 Å². The second kappa shape index (κ2) is 10.7. The molecule has 0 amide bonds. The SMILES string of the molecule is S=C(c1ccc(OCc2cccc3ccccc23)c(Br)c1)N1CCN(Cc2ccccc2)CC1. The summed E-state index contributed by atoms with van der Waals surface area (Å²) in [6.45, 7) is 5.44. The molecule has 3 nitrogen and oxygen atoms in total. The van der Waals surface area contributed by atoms with Gasteiger partial charge in [-0.2, -0.15) is 0 Å². The molecule has 0 radical (unpaired) electrons. The molecule has 4 aromatic carbocycles. The van der Waals surface area contributed by atoms with Gasteiger partial charge < -0.3 is 9.64 Å². The van der Waals surface area contributed by atoms with Gasteiger partial charge in [-0.3, -0.25) is 4.90 Å². The maximum atomic E-state index is 6.17. The van der Waals surface area contributed by atoms with Crippen molar-refractivity contribution in [2.75, 3.05) is 26.2 Å². The number of hydrogen-bond acceptors (Lipinski definition) is 3. The van der Waals surface area contributed by atoms with E-state index in [1.54, 1.807) is 0 Å². The van der Waals surface area contributed by atoms with Crippen molar-refractivity contribution in [1.29, 1.82) is 0 Å². The van der Waals surface area contributed by atoms with Crippen LogP contribution in [0.25, 0.3) is 10.8 Å². The molecule has 0 N–H and O–H groups in total. The molecule has 1 aliphatic rings. The van der Waals surface area contributed by atoms with Gasteiger partial charge in [0.1, 0.15) is 17.3 Å². The van der Waals surface area contributed by atoms with Crippen LogP contribution in [0.5, 0.6) is 5.75 Å². The number of thiocarbonyl (C=S) groups is 1. The van der Waals surface area contributed by atoms with Gasteiger partial charge in [0.15, 0.2) is 0 Å². The van der Waals surface area contributed by atoms with Crippen molar-refractivity contribution in [2.24, 2.45) is 0 Å². The zero-order valence-corrected chi connectivity index (χ0v) is 21.4. The lowest BCUT2D eigenvalue weighted by atomic mass is 10.1. The summed E-state index contributed by atoms with van der Waals surface area (Å²) < 4.78 is 7.10. The lowest BCUT2D eigenvalue weighted by Crippen LogP contribution is -2.48. The van der Waals surface area contributed by atoms with E-state index in [4.69, 9.17) is 17.0 Å². The zero-order valence-electron chi connectivity index (χ0n) is 19.0. The number of halogens is 1. The summed E-state index contributed by atoms with van der Waals surface area (Å²) in [5, 5.41) is 2.46. The molecule has 34 heavy (non-hydrogen) atoms.